The third kappa shape index (κ3) is 3.67. The van der Waals surface area contributed by atoms with E-state index in [4.69, 9.17) is 10.5 Å². The lowest BCUT2D eigenvalue weighted by Gasteiger charge is -2.44. The third-order valence-electron chi connectivity index (χ3n) is 4.57. The second-order valence-corrected chi connectivity index (χ2v) is 5.47. The fourth-order valence-corrected chi connectivity index (χ4v) is 3.10. The molecule has 0 amide bonds. The van der Waals surface area contributed by atoms with Gasteiger partial charge in [-0.15, -0.1) is 0 Å². The van der Waals surface area contributed by atoms with Crippen LogP contribution in [0.3, 0.4) is 0 Å². The van der Waals surface area contributed by atoms with Crippen LogP contribution in [0.15, 0.2) is 0 Å². The van der Waals surface area contributed by atoms with Crippen LogP contribution in [0.4, 0.5) is 0 Å². The van der Waals surface area contributed by atoms with E-state index in [1.54, 1.807) is 7.11 Å². The number of hydrogen-bond donors (Lipinski definition) is 1. The first-order valence-corrected chi connectivity index (χ1v) is 7.12. The highest BCUT2D eigenvalue weighted by Crippen LogP contribution is 2.28. The molecule has 1 fully saturated rings. The molecule has 1 saturated carbocycles. The van der Waals surface area contributed by atoms with Crippen LogP contribution in [0.2, 0.25) is 0 Å². The van der Waals surface area contributed by atoms with Crippen molar-refractivity contribution < 1.29 is 4.74 Å². The molecule has 0 radical (unpaired) electrons. The molecule has 1 unspecified atom stereocenters. The van der Waals surface area contributed by atoms with Gasteiger partial charge in [0.15, 0.2) is 0 Å². The van der Waals surface area contributed by atoms with Crippen molar-refractivity contribution in [1.82, 2.24) is 4.90 Å². The van der Waals surface area contributed by atoms with E-state index in [1.165, 1.54) is 38.5 Å². The summed E-state index contributed by atoms with van der Waals surface area (Å²) in [5.41, 5.74) is 6.06. The van der Waals surface area contributed by atoms with Gasteiger partial charge in [0.2, 0.25) is 0 Å². The summed E-state index contributed by atoms with van der Waals surface area (Å²) in [5, 5.41) is 0. The lowest BCUT2D eigenvalue weighted by atomic mass is 9.91. The molecule has 0 aromatic carbocycles. The topological polar surface area (TPSA) is 38.5 Å². The molecule has 1 aliphatic carbocycles. The Kier molecular flexibility index (Phi) is 6.45. The minimum atomic E-state index is 0.0315. The van der Waals surface area contributed by atoms with E-state index in [2.05, 4.69) is 18.9 Å². The van der Waals surface area contributed by atoms with Crippen LogP contribution in [0, 0.1) is 0 Å². The van der Waals surface area contributed by atoms with E-state index in [1.807, 2.05) is 0 Å². The number of nitrogens with zero attached hydrogens (tertiary/aromatic N) is 1. The molecule has 3 heteroatoms. The molecule has 2 N–H and O–H groups in total. The average Bonchev–Trinajstić information content (AvgIpc) is 2.64. The molecule has 0 bridgehead atoms. The van der Waals surface area contributed by atoms with Crippen molar-refractivity contribution in [3.05, 3.63) is 0 Å². The zero-order valence-electron chi connectivity index (χ0n) is 11.9. The first-order chi connectivity index (χ1) is 8.20. The predicted octanol–water partition coefficient (Wildman–Crippen LogP) is 2.39. The number of nitrogens with two attached hydrogens (primary N) is 1. The van der Waals surface area contributed by atoms with Gasteiger partial charge in [-0.05, 0) is 26.3 Å². The Morgan fingerprint density at radius 1 is 1.24 bits per heavy atom. The van der Waals surface area contributed by atoms with Gasteiger partial charge in [-0.2, -0.15) is 0 Å². The van der Waals surface area contributed by atoms with E-state index in [9.17, 15) is 0 Å². The zero-order chi connectivity index (χ0) is 12.7. The molecule has 0 heterocycles. The monoisotopic (exact) mass is 242 g/mol. The van der Waals surface area contributed by atoms with Crippen molar-refractivity contribution in [2.24, 2.45) is 5.73 Å². The van der Waals surface area contributed by atoms with Gasteiger partial charge in [-0.3, -0.25) is 4.90 Å². The maximum absolute atomic E-state index is 6.03. The Balaban J connectivity index is 2.70. The molecule has 0 aromatic heterocycles. The van der Waals surface area contributed by atoms with E-state index in [0.717, 1.165) is 13.0 Å². The molecule has 0 aliphatic heterocycles. The number of ether oxygens (including phenoxy) is 1. The van der Waals surface area contributed by atoms with Crippen LogP contribution in [-0.2, 0) is 4.74 Å². The minimum absolute atomic E-state index is 0.0315. The normalized spacial score (nSPS) is 22.4. The Morgan fingerprint density at radius 2 is 1.82 bits per heavy atom. The quantitative estimate of drug-likeness (QED) is 0.727. The van der Waals surface area contributed by atoms with E-state index >= 15 is 0 Å². The molecule has 102 valence electrons. The number of likely N-dealkylation sites (N-methyl/N-ethyl adjacent to an activating group) is 1. The highest BCUT2D eigenvalue weighted by molar-refractivity contribution is 4.92. The van der Waals surface area contributed by atoms with E-state index < -0.39 is 0 Å². The summed E-state index contributed by atoms with van der Waals surface area (Å²) >= 11 is 0. The van der Waals surface area contributed by atoms with Crippen LogP contribution in [0.25, 0.3) is 0 Å². The SMILES string of the molecule is CCC(CN)(COC)N(C)C1CCCCCC1. The summed E-state index contributed by atoms with van der Waals surface area (Å²) in [6.45, 7) is 3.65. The van der Waals surface area contributed by atoms with Crippen molar-refractivity contribution in [3.63, 3.8) is 0 Å². The van der Waals surface area contributed by atoms with Crippen LogP contribution >= 0.6 is 0 Å². The van der Waals surface area contributed by atoms with Crippen LogP contribution in [-0.4, -0.2) is 43.8 Å². The van der Waals surface area contributed by atoms with Crippen LogP contribution in [0.5, 0.6) is 0 Å². The Morgan fingerprint density at radius 3 is 2.24 bits per heavy atom. The summed E-state index contributed by atoms with van der Waals surface area (Å²) in [7, 11) is 4.02. The van der Waals surface area contributed by atoms with Crippen LogP contribution < -0.4 is 5.73 Å². The predicted molar refractivity (Wildman–Crippen MR) is 73.2 cm³/mol. The first kappa shape index (κ1) is 14.9. The third-order valence-corrected chi connectivity index (χ3v) is 4.57. The number of methoxy groups -OCH3 is 1. The lowest BCUT2D eigenvalue weighted by molar-refractivity contribution is -0.00108. The average molecular weight is 242 g/mol. The van der Waals surface area contributed by atoms with Crippen molar-refractivity contribution in [3.8, 4) is 0 Å². The van der Waals surface area contributed by atoms with Gasteiger partial charge in [-0.25, -0.2) is 0 Å². The van der Waals surface area contributed by atoms with Gasteiger partial charge in [0.25, 0.3) is 0 Å². The molecule has 1 aliphatic rings. The Bertz CT molecular complexity index is 196. The van der Waals surface area contributed by atoms with Crippen molar-refractivity contribution in [2.75, 3.05) is 27.3 Å². The molecule has 1 atom stereocenters. The summed E-state index contributed by atoms with van der Waals surface area (Å²) in [6, 6.07) is 0.691. The van der Waals surface area contributed by atoms with Gasteiger partial charge in [0, 0.05) is 19.7 Å². The zero-order valence-corrected chi connectivity index (χ0v) is 11.9. The van der Waals surface area contributed by atoms with Crippen molar-refractivity contribution in [2.45, 2.75) is 63.5 Å². The van der Waals surface area contributed by atoms with E-state index in [-0.39, 0.29) is 5.54 Å². The number of hydrogen-bond acceptors (Lipinski definition) is 3. The molecule has 3 nitrogen and oxygen atoms in total. The first-order valence-electron chi connectivity index (χ1n) is 7.12. The molecular weight excluding hydrogens is 212 g/mol. The lowest BCUT2D eigenvalue weighted by Crippen LogP contribution is -2.58. The van der Waals surface area contributed by atoms with Gasteiger partial charge < -0.3 is 10.5 Å². The minimum Gasteiger partial charge on any atom is -0.383 e. The van der Waals surface area contributed by atoms with Crippen molar-refractivity contribution >= 4 is 0 Å². The van der Waals surface area contributed by atoms with Crippen molar-refractivity contribution in [1.29, 1.82) is 0 Å². The summed E-state index contributed by atoms with van der Waals surface area (Å²) in [5.74, 6) is 0. The summed E-state index contributed by atoms with van der Waals surface area (Å²) in [4.78, 5) is 2.52. The maximum Gasteiger partial charge on any atom is 0.0658 e. The Labute approximate surface area is 107 Å². The molecule has 0 saturated heterocycles. The highest BCUT2D eigenvalue weighted by Gasteiger charge is 2.35. The number of rotatable bonds is 6. The standard InChI is InChI=1S/C14H30N2O/c1-4-14(11-15,12-17-3)16(2)13-9-7-5-6-8-10-13/h13H,4-12,15H2,1-3H3. The molecule has 17 heavy (non-hydrogen) atoms. The molecule has 1 rings (SSSR count). The highest BCUT2D eigenvalue weighted by atomic mass is 16.5. The second kappa shape index (κ2) is 7.34. The Hall–Kier alpha value is -0.120. The van der Waals surface area contributed by atoms with Crippen LogP contribution in [0.1, 0.15) is 51.9 Å². The molecular formula is C14H30N2O. The smallest absolute Gasteiger partial charge is 0.0658 e. The van der Waals surface area contributed by atoms with Gasteiger partial charge >= 0.3 is 0 Å². The molecule has 0 aromatic rings. The maximum atomic E-state index is 6.03. The van der Waals surface area contributed by atoms with Gasteiger partial charge in [0.1, 0.15) is 0 Å². The van der Waals surface area contributed by atoms with Gasteiger partial charge in [-0.1, -0.05) is 32.6 Å². The largest absolute Gasteiger partial charge is 0.383 e. The van der Waals surface area contributed by atoms with Gasteiger partial charge in [0.05, 0.1) is 12.1 Å². The summed E-state index contributed by atoms with van der Waals surface area (Å²) in [6.07, 6.45) is 9.24. The van der Waals surface area contributed by atoms with E-state index in [0.29, 0.717) is 12.6 Å². The molecule has 0 spiro atoms. The summed E-state index contributed by atoms with van der Waals surface area (Å²) < 4.78 is 5.41. The fraction of sp³-hybridized carbons (Fsp3) is 1.00. The fourth-order valence-electron chi connectivity index (χ4n) is 3.10. The second-order valence-electron chi connectivity index (χ2n) is 5.47.